The van der Waals surface area contributed by atoms with Crippen molar-refractivity contribution in [2.75, 3.05) is 7.11 Å². The van der Waals surface area contributed by atoms with Crippen molar-refractivity contribution in [3.8, 4) is 0 Å². The molecule has 8 heteroatoms. The monoisotopic (exact) mass is 455 g/mol. The highest BCUT2D eigenvalue weighted by molar-refractivity contribution is 5.89. The molecule has 3 N–H and O–H groups in total. The molecule has 0 aromatic heterocycles. The van der Waals surface area contributed by atoms with Gasteiger partial charge in [0.1, 0.15) is 11.6 Å². The summed E-state index contributed by atoms with van der Waals surface area (Å²) < 4.78 is 31.4. The first-order valence-electron chi connectivity index (χ1n) is 11.4. The summed E-state index contributed by atoms with van der Waals surface area (Å²) in [5, 5.41) is 33.6. The molecular formula is C24H35F2NO5. The summed E-state index contributed by atoms with van der Waals surface area (Å²) in [4.78, 5) is 11.1. The fourth-order valence-corrected chi connectivity index (χ4v) is 4.59. The molecule has 0 aliphatic heterocycles. The van der Waals surface area contributed by atoms with Gasteiger partial charge in [-0.15, -0.1) is 0 Å². The van der Waals surface area contributed by atoms with Crippen LogP contribution in [-0.2, 0) is 16.0 Å². The molecule has 0 radical (unpaired) electrons. The number of aryl methyl sites for hydroxylation is 1. The lowest BCUT2D eigenvalue weighted by Crippen LogP contribution is -2.22. The van der Waals surface area contributed by atoms with Crippen LogP contribution in [0.25, 0.3) is 0 Å². The van der Waals surface area contributed by atoms with Gasteiger partial charge in [-0.25, -0.2) is 8.78 Å². The minimum absolute atomic E-state index is 0.0387. The molecule has 0 saturated heterocycles. The summed E-state index contributed by atoms with van der Waals surface area (Å²) in [6.07, 6.45) is 5.42. The van der Waals surface area contributed by atoms with E-state index in [0.717, 1.165) is 38.2 Å². The van der Waals surface area contributed by atoms with Crippen LogP contribution in [0.4, 0.5) is 8.78 Å². The molecule has 180 valence electrons. The van der Waals surface area contributed by atoms with E-state index in [1.54, 1.807) is 0 Å². The number of oxime groups is 1. The third-order valence-corrected chi connectivity index (χ3v) is 6.45. The topological polar surface area (TPSA) is 99.4 Å². The Hall–Kier alpha value is -2.06. The van der Waals surface area contributed by atoms with E-state index >= 15 is 0 Å². The molecule has 1 aliphatic carbocycles. The highest BCUT2D eigenvalue weighted by Crippen LogP contribution is 2.37. The number of hydrogen-bond acceptors (Lipinski definition) is 6. The molecule has 1 saturated carbocycles. The van der Waals surface area contributed by atoms with Gasteiger partial charge in [0.2, 0.25) is 0 Å². The predicted octanol–water partition coefficient (Wildman–Crippen LogP) is 4.38. The Labute approximate surface area is 188 Å². The Balaban J connectivity index is 1.78. The molecule has 4 unspecified atom stereocenters. The molecule has 1 aromatic rings. The van der Waals surface area contributed by atoms with Crippen LogP contribution in [0.1, 0.15) is 69.8 Å². The summed E-state index contributed by atoms with van der Waals surface area (Å²) in [7, 11) is 1.38. The van der Waals surface area contributed by atoms with Gasteiger partial charge >= 0.3 is 5.97 Å². The number of carbonyl (C=O) groups is 1. The van der Waals surface area contributed by atoms with E-state index in [-0.39, 0.29) is 17.8 Å². The number of benzene rings is 1. The summed E-state index contributed by atoms with van der Waals surface area (Å²) in [6.45, 7) is 0. The van der Waals surface area contributed by atoms with Crippen LogP contribution in [0, 0.1) is 23.5 Å². The average Bonchev–Trinajstić information content (AvgIpc) is 3.08. The van der Waals surface area contributed by atoms with Crippen LogP contribution in [0.5, 0.6) is 0 Å². The van der Waals surface area contributed by atoms with Gasteiger partial charge in [0.05, 0.1) is 25.0 Å². The van der Waals surface area contributed by atoms with Gasteiger partial charge in [-0.05, 0) is 56.1 Å². The van der Waals surface area contributed by atoms with E-state index in [2.05, 4.69) is 9.89 Å². The van der Waals surface area contributed by atoms with Crippen molar-refractivity contribution in [1.82, 2.24) is 0 Å². The molecule has 0 spiro atoms. The minimum Gasteiger partial charge on any atom is -0.469 e. The third kappa shape index (κ3) is 8.13. The van der Waals surface area contributed by atoms with Crippen molar-refractivity contribution in [3.63, 3.8) is 0 Å². The van der Waals surface area contributed by atoms with E-state index in [4.69, 9.17) is 0 Å². The first-order valence-corrected chi connectivity index (χ1v) is 11.4. The van der Waals surface area contributed by atoms with E-state index in [9.17, 15) is 29.0 Å². The zero-order valence-corrected chi connectivity index (χ0v) is 18.7. The maximum atomic E-state index is 13.8. The third-order valence-electron chi connectivity index (χ3n) is 6.45. The normalized spacial score (nSPS) is 22.9. The van der Waals surface area contributed by atoms with Gasteiger partial charge in [0.15, 0.2) is 0 Å². The van der Waals surface area contributed by atoms with Crippen molar-refractivity contribution >= 4 is 11.7 Å². The number of methoxy groups -OCH3 is 1. The summed E-state index contributed by atoms with van der Waals surface area (Å²) >= 11 is 0. The standard InChI is InChI=1S/C24H35F2NO5/c1-32-24(30)7-5-3-2-4-6-20-19(22(27-31)15-23(20)29)13-12-18(28)11-9-16-8-10-17(25)14-21(16)26/h8,10,14,18-20,23,28-29,31H,2-7,9,11-13,15H2,1H3/b27-22+. The highest BCUT2D eigenvalue weighted by Gasteiger charge is 2.39. The Morgan fingerprint density at radius 1 is 1.19 bits per heavy atom. The SMILES string of the molecule is COC(=O)CCCCCCC1C(O)C/C(=N\O)C1CCC(O)CCc1ccc(F)cc1F. The van der Waals surface area contributed by atoms with Crippen molar-refractivity contribution in [2.45, 2.75) is 82.8 Å². The number of carbonyl (C=O) groups excluding carboxylic acids is 1. The summed E-state index contributed by atoms with van der Waals surface area (Å²) in [5.41, 5.74) is 0.925. The van der Waals surface area contributed by atoms with E-state index < -0.39 is 23.8 Å². The fraction of sp³-hybridized carbons (Fsp3) is 0.667. The van der Waals surface area contributed by atoms with Gasteiger partial charge < -0.3 is 20.2 Å². The number of halogens is 2. The molecule has 0 bridgehead atoms. The Kier molecular flexibility index (Phi) is 11.0. The second kappa shape index (κ2) is 13.5. The van der Waals surface area contributed by atoms with Crippen LogP contribution < -0.4 is 0 Å². The molecular weight excluding hydrogens is 420 g/mol. The van der Waals surface area contributed by atoms with E-state index in [0.29, 0.717) is 49.8 Å². The molecule has 1 aliphatic rings. The maximum absolute atomic E-state index is 13.8. The first-order chi connectivity index (χ1) is 15.3. The first kappa shape index (κ1) is 26.2. The maximum Gasteiger partial charge on any atom is 0.305 e. The molecule has 0 heterocycles. The molecule has 1 fully saturated rings. The van der Waals surface area contributed by atoms with Crippen LogP contribution in [0.3, 0.4) is 0 Å². The van der Waals surface area contributed by atoms with Crippen LogP contribution >= 0.6 is 0 Å². The number of rotatable bonds is 13. The number of nitrogens with zero attached hydrogens (tertiary/aromatic N) is 1. The quantitative estimate of drug-likeness (QED) is 0.177. The zero-order valence-electron chi connectivity index (χ0n) is 18.7. The highest BCUT2D eigenvalue weighted by atomic mass is 19.1. The Morgan fingerprint density at radius 3 is 2.62 bits per heavy atom. The minimum atomic E-state index is -0.670. The summed E-state index contributed by atoms with van der Waals surface area (Å²) in [6, 6.07) is 3.43. The zero-order chi connectivity index (χ0) is 23.5. The van der Waals surface area contributed by atoms with Crippen LogP contribution in [0.15, 0.2) is 23.4 Å². The van der Waals surface area contributed by atoms with Gasteiger partial charge in [-0.1, -0.05) is 30.5 Å². The molecule has 32 heavy (non-hydrogen) atoms. The smallest absolute Gasteiger partial charge is 0.305 e. The predicted molar refractivity (Wildman–Crippen MR) is 116 cm³/mol. The van der Waals surface area contributed by atoms with E-state index in [1.165, 1.54) is 19.2 Å². The number of esters is 1. The van der Waals surface area contributed by atoms with Gasteiger partial charge in [-0.2, -0.15) is 0 Å². The van der Waals surface area contributed by atoms with Gasteiger partial charge in [-0.3, -0.25) is 4.79 Å². The van der Waals surface area contributed by atoms with Crippen LogP contribution in [-0.4, -0.2) is 46.4 Å². The molecule has 1 aromatic carbocycles. The number of aliphatic hydroxyl groups is 2. The average molecular weight is 456 g/mol. The van der Waals surface area contributed by atoms with Gasteiger partial charge in [0.25, 0.3) is 0 Å². The number of unbranched alkanes of at least 4 members (excludes halogenated alkanes) is 3. The fourth-order valence-electron chi connectivity index (χ4n) is 4.59. The number of hydrogen-bond donors (Lipinski definition) is 3. The second-order valence-corrected chi connectivity index (χ2v) is 8.67. The summed E-state index contributed by atoms with van der Waals surface area (Å²) in [5.74, 6) is -1.60. The van der Waals surface area contributed by atoms with E-state index in [1.807, 2.05) is 0 Å². The Bertz CT molecular complexity index is 758. The molecule has 4 atom stereocenters. The van der Waals surface area contributed by atoms with Gasteiger partial charge in [0, 0.05) is 24.8 Å². The van der Waals surface area contributed by atoms with Crippen molar-refractivity contribution in [2.24, 2.45) is 17.0 Å². The van der Waals surface area contributed by atoms with Crippen molar-refractivity contribution in [1.29, 1.82) is 0 Å². The number of aliphatic hydroxyl groups excluding tert-OH is 2. The Morgan fingerprint density at radius 2 is 1.94 bits per heavy atom. The lowest BCUT2D eigenvalue weighted by molar-refractivity contribution is -0.140. The van der Waals surface area contributed by atoms with Crippen molar-refractivity contribution < 1.29 is 33.7 Å². The molecule has 2 rings (SSSR count). The molecule has 0 amide bonds. The lowest BCUT2D eigenvalue weighted by Gasteiger charge is -2.23. The largest absolute Gasteiger partial charge is 0.469 e. The van der Waals surface area contributed by atoms with Crippen LogP contribution in [0.2, 0.25) is 0 Å². The lowest BCUT2D eigenvalue weighted by atomic mass is 9.84. The molecule has 6 nitrogen and oxygen atoms in total. The number of ether oxygens (including phenoxy) is 1. The second-order valence-electron chi connectivity index (χ2n) is 8.67. The van der Waals surface area contributed by atoms with Crippen molar-refractivity contribution in [3.05, 3.63) is 35.4 Å².